The van der Waals surface area contributed by atoms with Gasteiger partial charge in [0, 0.05) is 12.6 Å². The van der Waals surface area contributed by atoms with E-state index in [9.17, 15) is 9.59 Å². The molecule has 1 aliphatic heterocycles. The number of hydrogen-bond donors (Lipinski definition) is 2. The van der Waals surface area contributed by atoms with Crippen molar-refractivity contribution in [2.45, 2.75) is 31.8 Å². The molecule has 0 aromatic heterocycles. The van der Waals surface area contributed by atoms with Crippen LogP contribution in [0.5, 0.6) is 0 Å². The summed E-state index contributed by atoms with van der Waals surface area (Å²) in [4.78, 5) is 22.7. The molecule has 80 valence electrons. The van der Waals surface area contributed by atoms with Crippen LogP contribution in [0, 0.1) is 0 Å². The summed E-state index contributed by atoms with van der Waals surface area (Å²) >= 11 is 0. The van der Waals surface area contributed by atoms with Gasteiger partial charge in [-0.05, 0) is 13.8 Å². The van der Waals surface area contributed by atoms with E-state index in [-0.39, 0.29) is 24.3 Å². The van der Waals surface area contributed by atoms with Gasteiger partial charge in [0.1, 0.15) is 5.54 Å². The van der Waals surface area contributed by atoms with Gasteiger partial charge in [0.05, 0.1) is 13.5 Å². The number of amides is 1. The maximum atomic E-state index is 11.6. The van der Waals surface area contributed by atoms with Gasteiger partial charge in [-0.15, -0.1) is 0 Å². The molecule has 1 amide bonds. The Balaban J connectivity index is 2.64. The highest BCUT2D eigenvalue weighted by atomic mass is 16.5. The molecule has 14 heavy (non-hydrogen) atoms. The van der Waals surface area contributed by atoms with Crippen molar-refractivity contribution < 1.29 is 14.3 Å². The van der Waals surface area contributed by atoms with Crippen molar-refractivity contribution >= 4 is 11.9 Å². The van der Waals surface area contributed by atoms with E-state index >= 15 is 0 Å². The van der Waals surface area contributed by atoms with Crippen molar-refractivity contribution in [2.24, 2.45) is 0 Å². The lowest BCUT2D eigenvalue weighted by atomic mass is 9.93. The first-order valence-electron chi connectivity index (χ1n) is 4.61. The van der Waals surface area contributed by atoms with E-state index in [1.807, 2.05) is 6.92 Å². The molecule has 1 heterocycles. The number of esters is 1. The summed E-state index contributed by atoms with van der Waals surface area (Å²) in [5, 5.41) is 5.84. The Morgan fingerprint density at radius 2 is 2.36 bits per heavy atom. The van der Waals surface area contributed by atoms with Crippen LogP contribution in [0.4, 0.5) is 0 Å². The zero-order valence-corrected chi connectivity index (χ0v) is 8.72. The quantitative estimate of drug-likeness (QED) is 0.585. The van der Waals surface area contributed by atoms with Crippen LogP contribution < -0.4 is 10.6 Å². The first kappa shape index (κ1) is 11.0. The van der Waals surface area contributed by atoms with Crippen LogP contribution in [-0.2, 0) is 14.3 Å². The topological polar surface area (TPSA) is 67.4 Å². The molecule has 1 fully saturated rings. The van der Waals surface area contributed by atoms with Gasteiger partial charge in [-0.25, -0.2) is 0 Å². The lowest BCUT2D eigenvalue weighted by Gasteiger charge is -2.36. The van der Waals surface area contributed by atoms with Gasteiger partial charge < -0.3 is 15.4 Å². The number of nitrogens with one attached hydrogen (secondary N) is 2. The van der Waals surface area contributed by atoms with Crippen LogP contribution in [0.25, 0.3) is 0 Å². The first-order valence-corrected chi connectivity index (χ1v) is 4.61. The van der Waals surface area contributed by atoms with E-state index in [1.165, 1.54) is 7.11 Å². The number of carbonyl (C=O) groups is 2. The van der Waals surface area contributed by atoms with Gasteiger partial charge in [-0.3, -0.25) is 9.59 Å². The van der Waals surface area contributed by atoms with Crippen molar-refractivity contribution in [2.75, 3.05) is 13.7 Å². The molecular weight excluding hydrogens is 184 g/mol. The van der Waals surface area contributed by atoms with Crippen molar-refractivity contribution in [3.63, 3.8) is 0 Å². The van der Waals surface area contributed by atoms with Crippen LogP contribution in [-0.4, -0.2) is 37.1 Å². The smallest absolute Gasteiger partial charge is 0.307 e. The lowest BCUT2D eigenvalue weighted by Crippen LogP contribution is -2.65. The fraction of sp³-hybridized carbons (Fsp3) is 0.778. The van der Waals surface area contributed by atoms with Crippen molar-refractivity contribution in [1.82, 2.24) is 10.6 Å². The molecule has 2 atom stereocenters. The predicted octanol–water partition coefficient (Wildman–Crippen LogP) is -0.584. The summed E-state index contributed by atoms with van der Waals surface area (Å²) in [6.45, 7) is 4.27. The molecule has 2 N–H and O–H groups in total. The van der Waals surface area contributed by atoms with Crippen LogP contribution in [0.3, 0.4) is 0 Å². The number of piperazine rings is 1. The molecule has 0 radical (unpaired) electrons. The van der Waals surface area contributed by atoms with Gasteiger partial charge in [0.25, 0.3) is 0 Å². The van der Waals surface area contributed by atoms with Crippen LogP contribution in [0.1, 0.15) is 20.3 Å². The summed E-state index contributed by atoms with van der Waals surface area (Å²) in [6, 6.07) is 0.105. The molecule has 0 aromatic rings. The molecule has 0 spiro atoms. The van der Waals surface area contributed by atoms with Gasteiger partial charge in [0.2, 0.25) is 5.91 Å². The average Bonchev–Trinajstić information content (AvgIpc) is 2.12. The number of hydrogen-bond acceptors (Lipinski definition) is 4. The molecule has 5 heteroatoms. The summed E-state index contributed by atoms with van der Waals surface area (Å²) in [7, 11) is 1.31. The normalized spacial score (nSPS) is 32.2. The second-order valence-corrected chi connectivity index (χ2v) is 3.84. The van der Waals surface area contributed by atoms with E-state index in [0.717, 1.165) is 0 Å². The number of carbonyl (C=O) groups excluding carboxylic acids is 2. The van der Waals surface area contributed by atoms with Crippen molar-refractivity contribution in [1.29, 1.82) is 0 Å². The minimum atomic E-state index is -0.834. The van der Waals surface area contributed by atoms with Crippen LogP contribution in [0.15, 0.2) is 0 Å². The third kappa shape index (κ3) is 2.23. The van der Waals surface area contributed by atoms with Crippen LogP contribution in [0.2, 0.25) is 0 Å². The third-order valence-electron chi connectivity index (χ3n) is 2.40. The van der Waals surface area contributed by atoms with E-state index in [0.29, 0.717) is 6.54 Å². The Morgan fingerprint density at radius 1 is 1.71 bits per heavy atom. The molecule has 0 saturated carbocycles. The first-order chi connectivity index (χ1) is 6.48. The van der Waals surface area contributed by atoms with Gasteiger partial charge in [0.15, 0.2) is 0 Å². The van der Waals surface area contributed by atoms with Gasteiger partial charge in [-0.1, -0.05) is 0 Å². The summed E-state index contributed by atoms with van der Waals surface area (Å²) in [5.41, 5.74) is -0.834. The number of rotatable bonds is 2. The molecule has 1 rings (SSSR count). The van der Waals surface area contributed by atoms with Gasteiger partial charge >= 0.3 is 5.97 Å². The van der Waals surface area contributed by atoms with Crippen molar-refractivity contribution in [3.8, 4) is 0 Å². The molecule has 2 unspecified atom stereocenters. The van der Waals surface area contributed by atoms with Crippen LogP contribution >= 0.6 is 0 Å². The van der Waals surface area contributed by atoms with Crippen molar-refractivity contribution in [3.05, 3.63) is 0 Å². The summed E-state index contributed by atoms with van der Waals surface area (Å²) in [5.74, 6) is -0.536. The molecule has 5 nitrogen and oxygen atoms in total. The maximum Gasteiger partial charge on any atom is 0.307 e. The molecule has 1 saturated heterocycles. The Morgan fingerprint density at radius 3 is 2.86 bits per heavy atom. The fourth-order valence-corrected chi connectivity index (χ4v) is 1.40. The summed E-state index contributed by atoms with van der Waals surface area (Å²) < 4.78 is 4.53. The zero-order valence-electron chi connectivity index (χ0n) is 8.72. The second kappa shape index (κ2) is 3.96. The predicted molar refractivity (Wildman–Crippen MR) is 50.6 cm³/mol. The lowest BCUT2D eigenvalue weighted by molar-refractivity contribution is -0.146. The monoisotopic (exact) mass is 200 g/mol. The number of methoxy groups -OCH3 is 1. The SMILES string of the molecule is COC(=O)CC1(C)NCC(C)NC1=O. The average molecular weight is 200 g/mol. The molecule has 0 aliphatic carbocycles. The Hall–Kier alpha value is -1.10. The zero-order chi connectivity index (χ0) is 10.8. The Labute approximate surface area is 83.2 Å². The molecule has 0 aromatic carbocycles. The van der Waals surface area contributed by atoms with E-state index in [4.69, 9.17) is 0 Å². The summed E-state index contributed by atoms with van der Waals surface area (Å²) in [6.07, 6.45) is 0.0576. The van der Waals surface area contributed by atoms with E-state index < -0.39 is 5.54 Å². The maximum absolute atomic E-state index is 11.6. The third-order valence-corrected chi connectivity index (χ3v) is 2.40. The van der Waals surface area contributed by atoms with Gasteiger partial charge in [-0.2, -0.15) is 0 Å². The molecular formula is C9H16N2O3. The minimum Gasteiger partial charge on any atom is -0.469 e. The highest BCUT2D eigenvalue weighted by molar-refractivity contribution is 5.91. The molecule has 0 bridgehead atoms. The number of ether oxygens (including phenoxy) is 1. The largest absolute Gasteiger partial charge is 0.469 e. The molecule has 1 aliphatic rings. The van der Waals surface area contributed by atoms with E-state index in [2.05, 4.69) is 15.4 Å². The fourth-order valence-electron chi connectivity index (χ4n) is 1.40. The standard InChI is InChI=1S/C9H16N2O3/c1-6-5-10-9(2,8(13)11-6)4-7(12)14-3/h6,10H,4-5H2,1-3H3,(H,11,13). The second-order valence-electron chi connectivity index (χ2n) is 3.84. The highest BCUT2D eigenvalue weighted by Gasteiger charge is 2.39. The Bertz CT molecular complexity index is 254. The Kier molecular flexibility index (Phi) is 3.10. The minimum absolute atomic E-state index is 0.0576. The van der Waals surface area contributed by atoms with E-state index in [1.54, 1.807) is 6.92 Å². The highest BCUT2D eigenvalue weighted by Crippen LogP contribution is 2.14.